The molecule has 3 fully saturated rings. The van der Waals surface area contributed by atoms with Crippen LogP contribution in [0.4, 0.5) is 0 Å². The van der Waals surface area contributed by atoms with Crippen molar-refractivity contribution >= 4 is 5.91 Å². The first kappa shape index (κ1) is 15.3. The lowest BCUT2D eigenvalue weighted by molar-refractivity contribution is -0.132. The Hall–Kier alpha value is -0.650. The summed E-state index contributed by atoms with van der Waals surface area (Å²) < 4.78 is 5.44. The molecular weight excluding hydrogens is 266 g/mol. The molecule has 0 aromatic rings. The van der Waals surface area contributed by atoms with Gasteiger partial charge in [-0.1, -0.05) is 6.42 Å². The zero-order valence-corrected chi connectivity index (χ0v) is 13.2. The highest BCUT2D eigenvalue weighted by molar-refractivity contribution is 5.84. The number of amides is 1. The maximum atomic E-state index is 12.8. The van der Waals surface area contributed by atoms with Gasteiger partial charge >= 0.3 is 0 Å². The lowest BCUT2D eigenvalue weighted by Crippen LogP contribution is -2.51. The lowest BCUT2D eigenvalue weighted by atomic mass is 9.77. The van der Waals surface area contributed by atoms with Gasteiger partial charge in [-0.05, 0) is 51.2 Å². The third-order valence-electron chi connectivity index (χ3n) is 5.98. The van der Waals surface area contributed by atoms with Crippen LogP contribution in [-0.2, 0) is 9.53 Å². The Balaban J connectivity index is 1.61. The summed E-state index contributed by atoms with van der Waals surface area (Å²) in [5, 5.41) is 10.1. The minimum atomic E-state index is -0.124. The second-order valence-corrected chi connectivity index (χ2v) is 7.24. The van der Waals surface area contributed by atoms with Crippen LogP contribution >= 0.6 is 0 Å². The molecule has 2 saturated heterocycles. The van der Waals surface area contributed by atoms with Crippen molar-refractivity contribution in [1.82, 2.24) is 16.0 Å². The molecule has 1 aliphatic carbocycles. The fourth-order valence-corrected chi connectivity index (χ4v) is 4.60. The summed E-state index contributed by atoms with van der Waals surface area (Å²) in [7, 11) is 1.76. The lowest BCUT2D eigenvalue weighted by Gasteiger charge is -2.38. The molecule has 3 N–H and O–H groups in total. The van der Waals surface area contributed by atoms with Crippen molar-refractivity contribution < 1.29 is 9.53 Å². The Morgan fingerprint density at radius 2 is 2.10 bits per heavy atom. The van der Waals surface area contributed by atoms with Crippen LogP contribution in [0.2, 0.25) is 0 Å². The predicted octanol–water partition coefficient (Wildman–Crippen LogP) is 0.509. The Morgan fingerprint density at radius 1 is 1.29 bits per heavy atom. The summed E-state index contributed by atoms with van der Waals surface area (Å²) in [5.74, 6) is 0.827. The molecular formula is C16H29N3O2. The van der Waals surface area contributed by atoms with Crippen LogP contribution in [0.1, 0.15) is 32.1 Å². The second-order valence-electron chi connectivity index (χ2n) is 7.24. The van der Waals surface area contributed by atoms with E-state index in [1.54, 1.807) is 7.11 Å². The smallest absolute Gasteiger partial charge is 0.227 e. The molecule has 0 aromatic carbocycles. The molecule has 0 aromatic heterocycles. The van der Waals surface area contributed by atoms with E-state index in [0.717, 1.165) is 58.6 Å². The summed E-state index contributed by atoms with van der Waals surface area (Å²) in [6.45, 7) is 5.42. The van der Waals surface area contributed by atoms with Gasteiger partial charge in [-0.2, -0.15) is 0 Å². The Morgan fingerprint density at radius 3 is 2.86 bits per heavy atom. The van der Waals surface area contributed by atoms with Gasteiger partial charge in [0, 0.05) is 25.6 Å². The molecule has 2 atom stereocenters. The Labute approximate surface area is 127 Å². The summed E-state index contributed by atoms with van der Waals surface area (Å²) in [4.78, 5) is 12.8. The molecule has 5 heteroatoms. The first-order valence-electron chi connectivity index (χ1n) is 8.40. The Kier molecular flexibility index (Phi) is 4.52. The van der Waals surface area contributed by atoms with Gasteiger partial charge in [-0.3, -0.25) is 4.79 Å². The van der Waals surface area contributed by atoms with Crippen LogP contribution in [-0.4, -0.2) is 52.3 Å². The number of fused-ring (bicyclic) bond motifs is 1. The summed E-state index contributed by atoms with van der Waals surface area (Å²) in [6.07, 6.45) is 5.61. The number of hydrogen-bond donors (Lipinski definition) is 3. The molecule has 3 rings (SSSR count). The maximum absolute atomic E-state index is 12.8. The molecule has 0 unspecified atom stereocenters. The molecule has 5 nitrogen and oxygen atoms in total. The van der Waals surface area contributed by atoms with Crippen molar-refractivity contribution in [2.24, 2.45) is 16.7 Å². The highest BCUT2D eigenvalue weighted by Crippen LogP contribution is 2.46. The molecule has 0 spiro atoms. The average Bonchev–Trinajstić information content (AvgIpc) is 3.06. The zero-order valence-electron chi connectivity index (χ0n) is 13.2. The van der Waals surface area contributed by atoms with Crippen LogP contribution < -0.4 is 16.0 Å². The van der Waals surface area contributed by atoms with E-state index in [1.165, 1.54) is 12.8 Å². The van der Waals surface area contributed by atoms with Crippen molar-refractivity contribution in [2.75, 3.05) is 46.4 Å². The Bertz CT molecular complexity index is 364. The van der Waals surface area contributed by atoms with E-state index in [-0.39, 0.29) is 16.7 Å². The van der Waals surface area contributed by atoms with Crippen LogP contribution in [0.15, 0.2) is 0 Å². The van der Waals surface area contributed by atoms with E-state index in [2.05, 4.69) is 16.0 Å². The van der Waals surface area contributed by atoms with Gasteiger partial charge in [0.15, 0.2) is 0 Å². The van der Waals surface area contributed by atoms with Gasteiger partial charge in [0.25, 0.3) is 0 Å². The van der Waals surface area contributed by atoms with Crippen molar-refractivity contribution in [1.29, 1.82) is 0 Å². The quantitative estimate of drug-likeness (QED) is 0.691. The third-order valence-corrected chi connectivity index (χ3v) is 5.98. The number of piperidine rings is 1. The molecule has 3 aliphatic rings. The van der Waals surface area contributed by atoms with E-state index >= 15 is 0 Å². The SMILES string of the molecule is COCC1(CNC(=O)[C@@]23CCC[C@@H]2CNC3)CCNCC1. The molecule has 1 amide bonds. The van der Waals surface area contributed by atoms with Gasteiger partial charge < -0.3 is 20.7 Å². The maximum Gasteiger partial charge on any atom is 0.227 e. The van der Waals surface area contributed by atoms with Crippen LogP contribution in [0.3, 0.4) is 0 Å². The van der Waals surface area contributed by atoms with E-state index < -0.39 is 0 Å². The van der Waals surface area contributed by atoms with E-state index in [9.17, 15) is 4.79 Å². The van der Waals surface area contributed by atoms with E-state index in [4.69, 9.17) is 4.74 Å². The topological polar surface area (TPSA) is 62.4 Å². The van der Waals surface area contributed by atoms with E-state index in [0.29, 0.717) is 5.92 Å². The van der Waals surface area contributed by atoms with E-state index in [1.807, 2.05) is 0 Å². The van der Waals surface area contributed by atoms with Gasteiger partial charge in [0.1, 0.15) is 0 Å². The normalized spacial score (nSPS) is 34.6. The fraction of sp³-hybridized carbons (Fsp3) is 0.938. The van der Waals surface area contributed by atoms with Crippen LogP contribution in [0.25, 0.3) is 0 Å². The predicted molar refractivity (Wildman–Crippen MR) is 82.1 cm³/mol. The second kappa shape index (κ2) is 6.23. The minimum absolute atomic E-state index is 0.117. The van der Waals surface area contributed by atoms with Crippen molar-refractivity contribution in [3.8, 4) is 0 Å². The summed E-state index contributed by atoms with van der Waals surface area (Å²) in [5.41, 5.74) is -0.00634. The van der Waals surface area contributed by atoms with Crippen LogP contribution in [0, 0.1) is 16.7 Å². The number of rotatable bonds is 5. The molecule has 2 heterocycles. The van der Waals surface area contributed by atoms with Gasteiger partial charge in [0.2, 0.25) is 5.91 Å². The number of nitrogens with one attached hydrogen (secondary N) is 3. The zero-order chi connectivity index (χ0) is 14.8. The van der Waals surface area contributed by atoms with Gasteiger partial charge in [0.05, 0.1) is 12.0 Å². The third kappa shape index (κ3) is 2.83. The average molecular weight is 295 g/mol. The molecule has 1 saturated carbocycles. The van der Waals surface area contributed by atoms with Gasteiger partial charge in [-0.25, -0.2) is 0 Å². The number of carbonyl (C=O) groups excluding carboxylic acids is 1. The van der Waals surface area contributed by atoms with Crippen LogP contribution in [0.5, 0.6) is 0 Å². The molecule has 21 heavy (non-hydrogen) atoms. The molecule has 2 aliphatic heterocycles. The largest absolute Gasteiger partial charge is 0.384 e. The highest BCUT2D eigenvalue weighted by Gasteiger charge is 2.51. The number of methoxy groups -OCH3 is 1. The minimum Gasteiger partial charge on any atom is -0.384 e. The number of carbonyl (C=O) groups is 1. The fourth-order valence-electron chi connectivity index (χ4n) is 4.60. The van der Waals surface area contributed by atoms with Crippen molar-refractivity contribution in [2.45, 2.75) is 32.1 Å². The first-order valence-corrected chi connectivity index (χ1v) is 8.40. The molecule has 0 radical (unpaired) electrons. The summed E-state index contributed by atoms with van der Waals surface area (Å²) in [6, 6.07) is 0. The number of hydrogen-bond acceptors (Lipinski definition) is 4. The monoisotopic (exact) mass is 295 g/mol. The van der Waals surface area contributed by atoms with Crippen molar-refractivity contribution in [3.63, 3.8) is 0 Å². The number of ether oxygens (including phenoxy) is 1. The van der Waals surface area contributed by atoms with Gasteiger partial charge in [-0.15, -0.1) is 0 Å². The standard InChI is InChI=1S/C16H29N3O2/c1-21-12-15(5-7-17-8-6-15)10-19-14(20)16-4-2-3-13(16)9-18-11-16/h13,17-18H,2-12H2,1H3,(H,19,20)/t13-,16-/m1/s1. The molecule has 0 bridgehead atoms. The first-order chi connectivity index (χ1) is 10.2. The molecule has 120 valence electrons. The summed E-state index contributed by atoms with van der Waals surface area (Å²) >= 11 is 0. The van der Waals surface area contributed by atoms with Crippen molar-refractivity contribution in [3.05, 3.63) is 0 Å². The highest BCUT2D eigenvalue weighted by atomic mass is 16.5.